The van der Waals surface area contributed by atoms with Crippen molar-refractivity contribution in [2.75, 3.05) is 25.5 Å². The summed E-state index contributed by atoms with van der Waals surface area (Å²) < 4.78 is 7.89. The number of pyridine rings is 1. The van der Waals surface area contributed by atoms with Crippen molar-refractivity contribution in [3.8, 4) is 5.75 Å². The first kappa shape index (κ1) is 22.0. The normalized spacial score (nSPS) is 11.2. The minimum atomic E-state index is 0.845. The fourth-order valence-electron chi connectivity index (χ4n) is 4.43. The zero-order chi connectivity index (χ0) is 23.2. The first-order chi connectivity index (χ1) is 16.8. The molecule has 5 heteroatoms. The topological polar surface area (TPSA) is 51.1 Å². The molecule has 0 aliphatic heterocycles. The number of nitrogens with zero attached hydrogens (tertiary/aromatic N) is 2. The number of anilines is 1. The molecule has 172 valence electrons. The van der Waals surface area contributed by atoms with Gasteiger partial charge < -0.3 is 19.9 Å². The second-order valence-electron chi connectivity index (χ2n) is 8.47. The van der Waals surface area contributed by atoms with E-state index in [0.717, 1.165) is 55.1 Å². The first-order valence-corrected chi connectivity index (χ1v) is 11.8. The van der Waals surface area contributed by atoms with Crippen LogP contribution < -0.4 is 15.4 Å². The smallest absolute Gasteiger partial charge is 0.131 e. The van der Waals surface area contributed by atoms with E-state index in [2.05, 4.69) is 76.0 Å². The lowest BCUT2D eigenvalue weighted by Crippen LogP contribution is -2.17. The zero-order valence-electron chi connectivity index (χ0n) is 19.5. The van der Waals surface area contributed by atoms with Gasteiger partial charge in [0.2, 0.25) is 0 Å². The largest absolute Gasteiger partial charge is 0.496 e. The molecule has 2 aromatic heterocycles. The van der Waals surface area contributed by atoms with E-state index in [0.29, 0.717) is 0 Å². The maximum atomic E-state index is 5.54. The molecule has 5 aromatic rings. The standard InChI is InChI=1S/C29H30N4O/c1-34-28-18-29(32-26-14-7-5-13-25(26)28)31-17-9-16-30-19-23-21-33(20-22-10-3-2-4-11-22)27-15-8-6-12-24(23)27/h2-8,10-15,18,21,30H,9,16-17,19-20H2,1H3,(H,31,32). The summed E-state index contributed by atoms with van der Waals surface area (Å²) in [6.07, 6.45) is 3.29. The van der Waals surface area contributed by atoms with Crippen molar-refractivity contribution in [2.45, 2.75) is 19.5 Å². The Morgan fingerprint density at radius 1 is 0.853 bits per heavy atom. The molecular formula is C29H30N4O. The Labute approximate surface area is 200 Å². The number of methoxy groups -OCH3 is 1. The highest BCUT2D eigenvalue weighted by Crippen LogP contribution is 2.27. The molecule has 0 aliphatic carbocycles. The molecule has 0 amide bonds. The molecule has 0 saturated heterocycles. The van der Waals surface area contributed by atoms with Gasteiger partial charge in [-0.15, -0.1) is 0 Å². The summed E-state index contributed by atoms with van der Waals surface area (Å²) in [5, 5.41) is 9.39. The van der Waals surface area contributed by atoms with Crippen molar-refractivity contribution in [1.82, 2.24) is 14.9 Å². The molecule has 34 heavy (non-hydrogen) atoms. The molecule has 3 aromatic carbocycles. The average molecular weight is 451 g/mol. The van der Waals surface area contributed by atoms with Gasteiger partial charge >= 0.3 is 0 Å². The van der Waals surface area contributed by atoms with Gasteiger partial charge in [-0.3, -0.25) is 0 Å². The van der Waals surface area contributed by atoms with Crippen LogP contribution in [-0.2, 0) is 13.1 Å². The number of hydrogen-bond acceptors (Lipinski definition) is 4. The molecule has 0 aliphatic rings. The minimum Gasteiger partial charge on any atom is -0.496 e. The van der Waals surface area contributed by atoms with Crippen molar-refractivity contribution in [3.05, 3.63) is 102 Å². The molecule has 0 bridgehead atoms. The number of aromatic nitrogens is 2. The van der Waals surface area contributed by atoms with Crippen LogP contribution in [0.1, 0.15) is 17.5 Å². The molecule has 5 nitrogen and oxygen atoms in total. The molecular weight excluding hydrogens is 420 g/mol. The Morgan fingerprint density at radius 2 is 1.62 bits per heavy atom. The fourth-order valence-corrected chi connectivity index (χ4v) is 4.43. The molecule has 0 saturated carbocycles. The summed E-state index contributed by atoms with van der Waals surface area (Å²) in [5.41, 5.74) is 4.86. The van der Waals surface area contributed by atoms with E-state index >= 15 is 0 Å². The number of hydrogen-bond donors (Lipinski definition) is 2. The Morgan fingerprint density at radius 3 is 2.47 bits per heavy atom. The molecule has 2 heterocycles. The Kier molecular flexibility index (Phi) is 6.73. The van der Waals surface area contributed by atoms with E-state index in [-0.39, 0.29) is 0 Å². The third-order valence-electron chi connectivity index (χ3n) is 6.12. The van der Waals surface area contributed by atoms with Gasteiger partial charge in [0.25, 0.3) is 0 Å². The lowest BCUT2D eigenvalue weighted by molar-refractivity contribution is 0.419. The summed E-state index contributed by atoms with van der Waals surface area (Å²) in [7, 11) is 1.70. The van der Waals surface area contributed by atoms with E-state index in [4.69, 9.17) is 9.72 Å². The SMILES string of the molecule is COc1cc(NCCCNCc2cn(Cc3ccccc3)c3ccccc23)nc2ccccc12. The summed E-state index contributed by atoms with van der Waals surface area (Å²) in [6, 6.07) is 29.3. The first-order valence-electron chi connectivity index (χ1n) is 11.8. The van der Waals surface area contributed by atoms with Crippen molar-refractivity contribution >= 4 is 27.6 Å². The summed E-state index contributed by atoms with van der Waals surface area (Å²) in [5.74, 6) is 1.69. The highest BCUT2D eigenvalue weighted by Gasteiger charge is 2.09. The lowest BCUT2D eigenvalue weighted by Gasteiger charge is -2.10. The van der Waals surface area contributed by atoms with Gasteiger partial charge in [0, 0.05) is 48.2 Å². The molecule has 0 fully saturated rings. The molecule has 0 radical (unpaired) electrons. The van der Waals surface area contributed by atoms with Gasteiger partial charge in [-0.05, 0) is 42.3 Å². The van der Waals surface area contributed by atoms with Crippen LogP contribution in [0, 0.1) is 0 Å². The van der Waals surface area contributed by atoms with Crippen LogP contribution in [0.3, 0.4) is 0 Å². The van der Waals surface area contributed by atoms with Crippen LogP contribution in [-0.4, -0.2) is 29.8 Å². The van der Waals surface area contributed by atoms with E-state index in [1.807, 2.05) is 30.3 Å². The second-order valence-corrected chi connectivity index (χ2v) is 8.47. The predicted octanol–water partition coefficient (Wildman–Crippen LogP) is 5.84. The summed E-state index contributed by atoms with van der Waals surface area (Å²) >= 11 is 0. The van der Waals surface area contributed by atoms with E-state index in [1.165, 1.54) is 22.0 Å². The number of ether oxygens (including phenoxy) is 1. The molecule has 0 atom stereocenters. The van der Waals surface area contributed by atoms with Gasteiger partial charge in [0.15, 0.2) is 0 Å². The average Bonchev–Trinajstić information content (AvgIpc) is 3.23. The molecule has 0 spiro atoms. The fraction of sp³-hybridized carbons (Fsp3) is 0.207. The van der Waals surface area contributed by atoms with E-state index in [9.17, 15) is 0 Å². The summed E-state index contributed by atoms with van der Waals surface area (Å²) in [4.78, 5) is 4.71. The number of nitrogens with one attached hydrogen (secondary N) is 2. The van der Waals surface area contributed by atoms with Crippen LogP contribution in [0.25, 0.3) is 21.8 Å². The van der Waals surface area contributed by atoms with Gasteiger partial charge in [0.1, 0.15) is 11.6 Å². The maximum Gasteiger partial charge on any atom is 0.131 e. The Hall–Kier alpha value is -3.83. The van der Waals surface area contributed by atoms with Crippen LogP contribution in [0.2, 0.25) is 0 Å². The maximum absolute atomic E-state index is 5.54. The van der Waals surface area contributed by atoms with Crippen molar-refractivity contribution in [1.29, 1.82) is 0 Å². The van der Waals surface area contributed by atoms with Gasteiger partial charge in [-0.1, -0.05) is 60.7 Å². The quantitative estimate of drug-likeness (QED) is 0.263. The third kappa shape index (κ3) is 4.90. The summed E-state index contributed by atoms with van der Waals surface area (Å²) in [6.45, 7) is 3.50. The van der Waals surface area contributed by atoms with Crippen molar-refractivity contribution in [3.63, 3.8) is 0 Å². The molecule has 0 unspecified atom stereocenters. The zero-order valence-corrected chi connectivity index (χ0v) is 19.5. The van der Waals surface area contributed by atoms with Crippen molar-refractivity contribution < 1.29 is 4.74 Å². The van der Waals surface area contributed by atoms with Gasteiger partial charge in [0.05, 0.1) is 12.6 Å². The number of para-hydroxylation sites is 2. The predicted molar refractivity (Wildman–Crippen MR) is 141 cm³/mol. The van der Waals surface area contributed by atoms with Gasteiger partial charge in [-0.2, -0.15) is 0 Å². The number of rotatable bonds is 10. The number of benzene rings is 3. The highest BCUT2D eigenvalue weighted by molar-refractivity contribution is 5.87. The lowest BCUT2D eigenvalue weighted by atomic mass is 10.2. The van der Waals surface area contributed by atoms with E-state index < -0.39 is 0 Å². The van der Waals surface area contributed by atoms with Crippen LogP contribution >= 0.6 is 0 Å². The van der Waals surface area contributed by atoms with Crippen LogP contribution in [0.15, 0.2) is 91.1 Å². The van der Waals surface area contributed by atoms with Crippen LogP contribution in [0.4, 0.5) is 5.82 Å². The van der Waals surface area contributed by atoms with Crippen LogP contribution in [0.5, 0.6) is 5.75 Å². The second kappa shape index (κ2) is 10.4. The Bertz CT molecular complexity index is 1380. The van der Waals surface area contributed by atoms with Crippen molar-refractivity contribution in [2.24, 2.45) is 0 Å². The van der Waals surface area contributed by atoms with E-state index in [1.54, 1.807) is 7.11 Å². The Balaban J connectivity index is 1.16. The molecule has 2 N–H and O–H groups in total. The highest BCUT2D eigenvalue weighted by atomic mass is 16.5. The minimum absolute atomic E-state index is 0.845. The monoisotopic (exact) mass is 450 g/mol. The van der Waals surface area contributed by atoms with Gasteiger partial charge in [-0.25, -0.2) is 4.98 Å². The number of fused-ring (bicyclic) bond motifs is 2. The third-order valence-corrected chi connectivity index (χ3v) is 6.12. The molecule has 5 rings (SSSR count).